The van der Waals surface area contributed by atoms with Crippen molar-refractivity contribution < 1.29 is 9.53 Å². The molecule has 4 bridgehead atoms. The average molecular weight is 263 g/mol. The summed E-state index contributed by atoms with van der Waals surface area (Å²) in [5.41, 5.74) is -0.112. The van der Waals surface area contributed by atoms with Gasteiger partial charge in [0.05, 0.1) is 0 Å². The SMILES string of the molecule is C/C=C\CCNC(=O)OC12CC3CC(CC(C3)C1)C2. The van der Waals surface area contributed by atoms with Crippen LogP contribution in [0.3, 0.4) is 0 Å². The molecule has 3 heteroatoms. The maximum atomic E-state index is 11.9. The van der Waals surface area contributed by atoms with Crippen molar-refractivity contribution in [2.75, 3.05) is 6.54 Å². The van der Waals surface area contributed by atoms with E-state index in [4.69, 9.17) is 4.74 Å². The summed E-state index contributed by atoms with van der Waals surface area (Å²) < 4.78 is 5.86. The first-order chi connectivity index (χ1) is 9.19. The molecule has 0 aromatic rings. The van der Waals surface area contributed by atoms with Gasteiger partial charge in [0.2, 0.25) is 0 Å². The van der Waals surface area contributed by atoms with Gasteiger partial charge in [-0.2, -0.15) is 0 Å². The summed E-state index contributed by atoms with van der Waals surface area (Å²) in [7, 11) is 0. The van der Waals surface area contributed by atoms with Gasteiger partial charge in [-0.1, -0.05) is 12.2 Å². The predicted octanol–water partition coefficient (Wildman–Crippen LogP) is 3.65. The Morgan fingerprint density at radius 2 is 1.79 bits per heavy atom. The third kappa shape index (κ3) is 2.80. The van der Waals surface area contributed by atoms with Gasteiger partial charge in [0.25, 0.3) is 0 Å². The lowest BCUT2D eigenvalue weighted by atomic mass is 9.54. The van der Waals surface area contributed by atoms with Crippen LogP contribution in [0.5, 0.6) is 0 Å². The van der Waals surface area contributed by atoms with Crippen LogP contribution in [0.1, 0.15) is 51.9 Å². The molecule has 0 aliphatic heterocycles. The van der Waals surface area contributed by atoms with Crippen LogP contribution in [-0.4, -0.2) is 18.2 Å². The minimum atomic E-state index is -0.202. The standard InChI is InChI=1S/C16H25NO2/c1-2-3-4-5-17-15(18)19-16-9-12-6-13(10-16)8-14(7-12)11-16/h2-3,12-14H,4-11H2,1H3,(H,17,18)/b3-2-. The number of allylic oxidation sites excluding steroid dienone is 1. The molecule has 0 radical (unpaired) electrons. The molecular weight excluding hydrogens is 238 g/mol. The molecule has 4 saturated carbocycles. The van der Waals surface area contributed by atoms with Crippen molar-refractivity contribution in [3.05, 3.63) is 12.2 Å². The summed E-state index contributed by atoms with van der Waals surface area (Å²) in [4.78, 5) is 11.9. The number of ether oxygens (including phenoxy) is 1. The van der Waals surface area contributed by atoms with Gasteiger partial charge < -0.3 is 10.1 Å². The number of amides is 1. The van der Waals surface area contributed by atoms with Gasteiger partial charge in [0.15, 0.2) is 0 Å². The van der Waals surface area contributed by atoms with Crippen LogP contribution in [0.4, 0.5) is 4.79 Å². The highest BCUT2D eigenvalue weighted by Gasteiger charge is 2.53. The van der Waals surface area contributed by atoms with Crippen molar-refractivity contribution in [2.24, 2.45) is 17.8 Å². The Labute approximate surface area is 115 Å². The molecule has 0 unspecified atom stereocenters. The van der Waals surface area contributed by atoms with Crippen molar-refractivity contribution in [2.45, 2.75) is 57.5 Å². The Balaban J connectivity index is 1.53. The molecule has 0 saturated heterocycles. The molecule has 1 amide bonds. The van der Waals surface area contributed by atoms with Gasteiger partial charge in [-0.15, -0.1) is 0 Å². The number of nitrogens with one attached hydrogen (secondary N) is 1. The summed E-state index contributed by atoms with van der Waals surface area (Å²) in [6, 6.07) is 0. The van der Waals surface area contributed by atoms with E-state index in [1.807, 2.05) is 13.0 Å². The van der Waals surface area contributed by atoms with Gasteiger partial charge in [0.1, 0.15) is 5.60 Å². The number of hydrogen-bond donors (Lipinski definition) is 1. The molecule has 4 rings (SSSR count). The van der Waals surface area contributed by atoms with E-state index in [0.717, 1.165) is 43.4 Å². The number of carbonyl (C=O) groups is 1. The van der Waals surface area contributed by atoms with Crippen LogP contribution in [-0.2, 0) is 4.74 Å². The van der Waals surface area contributed by atoms with Gasteiger partial charge in [-0.05, 0) is 69.6 Å². The topological polar surface area (TPSA) is 38.3 Å². The number of carbonyl (C=O) groups excluding carboxylic acids is 1. The Morgan fingerprint density at radius 3 is 2.32 bits per heavy atom. The van der Waals surface area contributed by atoms with Crippen molar-refractivity contribution in [3.8, 4) is 0 Å². The van der Waals surface area contributed by atoms with E-state index in [0.29, 0.717) is 6.54 Å². The van der Waals surface area contributed by atoms with Gasteiger partial charge in [-0.25, -0.2) is 4.79 Å². The number of hydrogen-bond acceptors (Lipinski definition) is 2. The third-order valence-electron chi connectivity index (χ3n) is 5.11. The maximum absolute atomic E-state index is 11.9. The van der Waals surface area contributed by atoms with Crippen LogP contribution >= 0.6 is 0 Å². The van der Waals surface area contributed by atoms with Crippen LogP contribution in [0.2, 0.25) is 0 Å². The first-order valence-corrected chi connectivity index (χ1v) is 7.77. The quantitative estimate of drug-likeness (QED) is 0.621. The average Bonchev–Trinajstić information content (AvgIpc) is 2.32. The second-order valence-electron chi connectivity index (χ2n) is 6.77. The molecular formula is C16H25NO2. The Morgan fingerprint density at radius 1 is 1.21 bits per heavy atom. The lowest BCUT2D eigenvalue weighted by Gasteiger charge is -2.55. The molecule has 0 aromatic heterocycles. The van der Waals surface area contributed by atoms with Crippen LogP contribution < -0.4 is 5.32 Å². The summed E-state index contributed by atoms with van der Waals surface area (Å²) in [6.07, 6.45) is 12.2. The number of rotatable bonds is 4. The maximum Gasteiger partial charge on any atom is 0.407 e. The van der Waals surface area contributed by atoms with Gasteiger partial charge >= 0.3 is 6.09 Å². The molecule has 106 valence electrons. The second kappa shape index (κ2) is 5.18. The monoisotopic (exact) mass is 263 g/mol. The fourth-order valence-electron chi connectivity index (χ4n) is 4.81. The fourth-order valence-corrected chi connectivity index (χ4v) is 4.81. The molecule has 1 N–H and O–H groups in total. The summed E-state index contributed by atoms with van der Waals surface area (Å²) in [5.74, 6) is 2.46. The number of alkyl carbamates (subject to hydrolysis) is 1. The summed E-state index contributed by atoms with van der Waals surface area (Å²) in [5, 5.41) is 2.88. The van der Waals surface area contributed by atoms with Gasteiger partial charge in [-0.3, -0.25) is 0 Å². The molecule has 4 aliphatic rings. The summed E-state index contributed by atoms with van der Waals surface area (Å²) >= 11 is 0. The fraction of sp³-hybridized carbons (Fsp3) is 0.812. The highest BCUT2D eigenvalue weighted by molar-refractivity contribution is 5.67. The molecule has 0 aromatic carbocycles. The zero-order valence-electron chi connectivity index (χ0n) is 11.9. The van der Waals surface area contributed by atoms with E-state index < -0.39 is 0 Å². The Bertz CT molecular complexity index is 340. The van der Waals surface area contributed by atoms with E-state index in [1.165, 1.54) is 19.3 Å². The summed E-state index contributed by atoms with van der Waals surface area (Å²) in [6.45, 7) is 2.67. The molecule has 0 atom stereocenters. The van der Waals surface area contributed by atoms with Crippen LogP contribution in [0.25, 0.3) is 0 Å². The second-order valence-corrected chi connectivity index (χ2v) is 6.77. The minimum absolute atomic E-state index is 0.112. The van der Waals surface area contributed by atoms with E-state index in [2.05, 4.69) is 11.4 Å². The predicted molar refractivity (Wildman–Crippen MR) is 74.8 cm³/mol. The molecule has 0 spiro atoms. The third-order valence-corrected chi connectivity index (χ3v) is 5.11. The zero-order valence-corrected chi connectivity index (χ0v) is 11.9. The van der Waals surface area contributed by atoms with E-state index in [9.17, 15) is 4.79 Å². The molecule has 0 heterocycles. The van der Waals surface area contributed by atoms with Crippen LogP contribution in [0, 0.1) is 17.8 Å². The zero-order chi connectivity index (χ0) is 13.3. The van der Waals surface area contributed by atoms with Gasteiger partial charge in [0, 0.05) is 6.54 Å². The van der Waals surface area contributed by atoms with Crippen molar-refractivity contribution in [1.29, 1.82) is 0 Å². The minimum Gasteiger partial charge on any atom is -0.443 e. The smallest absolute Gasteiger partial charge is 0.407 e. The first kappa shape index (κ1) is 13.0. The van der Waals surface area contributed by atoms with E-state index in [1.54, 1.807) is 0 Å². The molecule has 3 nitrogen and oxygen atoms in total. The highest BCUT2D eigenvalue weighted by atomic mass is 16.6. The Kier molecular flexibility index (Phi) is 3.55. The van der Waals surface area contributed by atoms with Crippen LogP contribution in [0.15, 0.2) is 12.2 Å². The van der Waals surface area contributed by atoms with E-state index in [-0.39, 0.29) is 11.7 Å². The molecule has 4 aliphatic carbocycles. The lowest BCUT2D eigenvalue weighted by Crippen LogP contribution is -2.53. The van der Waals surface area contributed by atoms with Crippen molar-refractivity contribution in [3.63, 3.8) is 0 Å². The Hall–Kier alpha value is -0.990. The highest BCUT2D eigenvalue weighted by Crippen LogP contribution is 2.57. The van der Waals surface area contributed by atoms with Crippen molar-refractivity contribution >= 4 is 6.09 Å². The van der Waals surface area contributed by atoms with Crippen molar-refractivity contribution in [1.82, 2.24) is 5.32 Å². The lowest BCUT2D eigenvalue weighted by molar-refractivity contribution is -0.127. The largest absolute Gasteiger partial charge is 0.443 e. The molecule has 4 fully saturated rings. The normalized spacial score (nSPS) is 39.7. The molecule has 19 heavy (non-hydrogen) atoms. The van der Waals surface area contributed by atoms with E-state index >= 15 is 0 Å². The first-order valence-electron chi connectivity index (χ1n) is 7.77.